The van der Waals surface area contributed by atoms with Gasteiger partial charge in [0.1, 0.15) is 5.76 Å². The molecular formula is C14H23NO. The zero-order valence-electron chi connectivity index (χ0n) is 10.4. The highest BCUT2D eigenvalue weighted by atomic mass is 16.3. The number of furan rings is 1. The first-order valence-corrected chi connectivity index (χ1v) is 6.59. The SMILES string of the molecule is CCC1CCCC(N[C@H](C)c2ccco2)C1. The van der Waals surface area contributed by atoms with Crippen molar-refractivity contribution in [1.29, 1.82) is 0 Å². The van der Waals surface area contributed by atoms with Crippen molar-refractivity contribution in [1.82, 2.24) is 5.32 Å². The average Bonchev–Trinajstić information content (AvgIpc) is 2.83. The van der Waals surface area contributed by atoms with E-state index >= 15 is 0 Å². The summed E-state index contributed by atoms with van der Waals surface area (Å²) >= 11 is 0. The molecule has 1 heterocycles. The molecule has 0 aromatic carbocycles. The van der Waals surface area contributed by atoms with Crippen LogP contribution in [-0.2, 0) is 0 Å². The fourth-order valence-corrected chi connectivity index (χ4v) is 2.79. The minimum atomic E-state index is 0.343. The standard InChI is InChI=1S/C14H23NO/c1-3-12-6-4-7-13(10-12)15-11(2)14-8-5-9-16-14/h5,8-9,11-13,15H,3-4,6-7,10H2,1-2H3/t11-,12?,13?/m1/s1. The van der Waals surface area contributed by atoms with Gasteiger partial charge in [-0.25, -0.2) is 0 Å². The lowest BCUT2D eigenvalue weighted by Gasteiger charge is -2.31. The van der Waals surface area contributed by atoms with E-state index in [1.165, 1.54) is 32.1 Å². The highest BCUT2D eigenvalue weighted by molar-refractivity contribution is 5.03. The largest absolute Gasteiger partial charge is 0.468 e. The van der Waals surface area contributed by atoms with Gasteiger partial charge in [0, 0.05) is 6.04 Å². The van der Waals surface area contributed by atoms with Gasteiger partial charge in [-0.2, -0.15) is 0 Å². The van der Waals surface area contributed by atoms with E-state index in [1.807, 2.05) is 6.07 Å². The lowest BCUT2D eigenvalue weighted by molar-refractivity contribution is 0.257. The molecule has 1 saturated carbocycles. The van der Waals surface area contributed by atoms with Gasteiger partial charge in [-0.1, -0.05) is 26.2 Å². The molecule has 2 nitrogen and oxygen atoms in total. The Hall–Kier alpha value is -0.760. The van der Waals surface area contributed by atoms with Crippen LogP contribution in [0.3, 0.4) is 0 Å². The summed E-state index contributed by atoms with van der Waals surface area (Å²) in [5.74, 6) is 1.98. The number of nitrogens with one attached hydrogen (secondary N) is 1. The molecule has 0 saturated heterocycles. The molecule has 1 aliphatic carbocycles. The van der Waals surface area contributed by atoms with E-state index in [0.29, 0.717) is 12.1 Å². The van der Waals surface area contributed by atoms with Crippen LogP contribution in [0.1, 0.15) is 57.8 Å². The average molecular weight is 221 g/mol. The second kappa shape index (κ2) is 5.53. The third-order valence-corrected chi connectivity index (χ3v) is 3.82. The Labute approximate surface area is 98.4 Å². The zero-order valence-corrected chi connectivity index (χ0v) is 10.4. The monoisotopic (exact) mass is 221 g/mol. The van der Waals surface area contributed by atoms with Crippen LogP contribution in [-0.4, -0.2) is 6.04 Å². The maximum Gasteiger partial charge on any atom is 0.120 e. The summed E-state index contributed by atoms with van der Waals surface area (Å²) in [5, 5.41) is 3.69. The van der Waals surface area contributed by atoms with Gasteiger partial charge in [0.2, 0.25) is 0 Å². The molecule has 1 N–H and O–H groups in total. The van der Waals surface area contributed by atoms with Crippen LogP contribution in [0.15, 0.2) is 22.8 Å². The van der Waals surface area contributed by atoms with Gasteiger partial charge in [0.05, 0.1) is 12.3 Å². The molecule has 0 radical (unpaired) electrons. The normalized spacial score (nSPS) is 27.9. The first-order valence-electron chi connectivity index (χ1n) is 6.59. The van der Waals surface area contributed by atoms with Crippen molar-refractivity contribution in [2.45, 2.75) is 58.0 Å². The molecule has 0 spiro atoms. The molecule has 16 heavy (non-hydrogen) atoms. The highest BCUT2D eigenvalue weighted by Crippen LogP contribution is 2.28. The first kappa shape index (κ1) is 11.7. The van der Waals surface area contributed by atoms with Gasteiger partial charge in [-0.3, -0.25) is 0 Å². The molecule has 2 unspecified atom stereocenters. The Morgan fingerprint density at radius 2 is 2.38 bits per heavy atom. The first-order chi connectivity index (χ1) is 7.79. The van der Waals surface area contributed by atoms with Gasteiger partial charge in [0.25, 0.3) is 0 Å². The summed E-state index contributed by atoms with van der Waals surface area (Å²) < 4.78 is 5.43. The predicted molar refractivity (Wildman–Crippen MR) is 66.3 cm³/mol. The summed E-state index contributed by atoms with van der Waals surface area (Å²) in [6.45, 7) is 4.50. The Kier molecular flexibility index (Phi) is 4.05. The zero-order chi connectivity index (χ0) is 11.4. The molecule has 2 heteroatoms. The Morgan fingerprint density at radius 1 is 1.50 bits per heavy atom. The summed E-state index contributed by atoms with van der Waals surface area (Å²) in [6, 6.07) is 5.04. The van der Waals surface area contributed by atoms with Crippen LogP contribution in [0.2, 0.25) is 0 Å². The molecule has 2 rings (SSSR count). The van der Waals surface area contributed by atoms with Gasteiger partial charge < -0.3 is 9.73 Å². The predicted octanol–water partition coefficient (Wildman–Crippen LogP) is 3.90. The van der Waals surface area contributed by atoms with Crippen LogP contribution >= 0.6 is 0 Å². The molecule has 3 atom stereocenters. The molecule has 1 aliphatic rings. The van der Waals surface area contributed by atoms with Gasteiger partial charge in [-0.15, -0.1) is 0 Å². The lowest BCUT2D eigenvalue weighted by atomic mass is 9.84. The summed E-state index contributed by atoms with van der Waals surface area (Å²) in [5.41, 5.74) is 0. The van der Waals surface area contributed by atoms with Gasteiger partial charge in [0.15, 0.2) is 0 Å². The van der Waals surface area contributed by atoms with E-state index in [0.717, 1.165) is 11.7 Å². The van der Waals surface area contributed by atoms with Crippen molar-refractivity contribution in [3.63, 3.8) is 0 Å². The van der Waals surface area contributed by atoms with Crippen LogP contribution in [0.5, 0.6) is 0 Å². The second-order valence-electron chi connectivity index (χ2n) is 5.04. The quantitative estimate of drug-likeness (QED) is 0.834. The molecule has 1 aromatic rings. The molecule has 1 fully saturated rings. The van der Waals surface area contributed by atoms with E-state index in [2.05, 4.69) is 25.2 Å². The van der Waals surface area contributed by atoms with E-state index in [4.69, 9.17) is 4.42 Å². The summed E-state index contributed by atoms with van der Waals surface area (Å²) in [4.78, 5) is 0. The fourth-order valence-electron chi connectivity index (χ4n) is 2.79. The van der Waals surface area contributed by atoms with Crippen molar-refractivity contribution < 1.29 is 4.42 Å². The van der Waals surface area contributed by atoms with E-state index < -0.39 is 0 Å². The van der Waals surface area contributed by atoms with Crippen LogP contribution in [0.4, 0.5) is 0 Å². The Bertz CT molecular complexity index is 294. The van der Waals surface area contributed by atoms with E-state index in [-0.39, 0.29) is 0 Å². The number of rotatable bonds is 4. The summed E-state index contributed by atoms with van der Waals surface area (Å²) in [6.07, 6.45) is 8.53. The van der Waals surface area contributed by atoms with Crippen molar-refractivity contribution in [3.8, 4) is 0 Å². The number of hydrogen-bond donors (Lipinski definition) is 1. The van der Waals surface area contributed by atoms with E-state index in [1.54, 1.807) is 6.26 Å². The van der Waals surface area contributed by atoms with Crippen LogP contribution in [0, 0.1) is 5.92 Å². The minimum absolute atomic E-state index is 0.343. The highest BCUT2D eigenvalue weighted by Gasteiger charge is 2.22. The smallest absolute Gasteiger partial charge is 0.120 e. The maximum atomic E-state index is 5.43. The van der Waals surface area contributed by atoms with Crippen molar-refractivity contribution in [3.05, 3.63) is 24.2 Å². The second-order valence-corrected chi connectivity index (χ2v) is 5.04. The van der Waals surface area contributed by atoms with Crippen molar-refractivity contribution in [2.24, 2.45) is 5.92 Å². The maximum absolute atomic E-state index is 5.43. The minimum Gasteiger partial charge on any atom is -0.468 e. The molecule has 1 aromatic heterocycles. The van der Waals surface area contributed by atoms with Crippen LogP contribution < -0.4 is 5.32 Å². The van der Waals surface area contributed by atoms with E-state index in [9.17, 15) is 0 Å². The van der Waals surface area contributed by atoms with Gasteiger partial charge in [-0.05, 0) is 37.8 Å². The third-order valence-electron chi connectivity index (χ3n) is 3.82. The van der Waals surface area contributed by atoms with Crippen LogP contribution in [0.25, 0.3) is 0 Å². The molecular weight excluding hydrogens is 198 g/mol. The summed E-state index contributed by atoms with van der Waals surface area (Å²) in [7, 11) is 0. The molecule has 0 amide bonds. The lowest BCUT2D eigenvalue weighted by Crippen LogP contribution is -2.35. The Morgan fingerprint density at radius 3 is 3.06 bits per heavy atom. The third kappa shape index (κ3) is 2.88. The fraction of sp³-hybridized carbons (Fsp3) is 0.714. The van der Waals surface area contributed by atoms with Crippen molar-refractivity contribution in [2.75, 3.05) is 0 Å². The van der Waals surface area contributed by atoms with Gasteiger partial charge >= 0.3 is 0 Å². The Balaban J connectivity index is 1.84. The molecule has 0 bridgehead atoms. The topological polar surface area (TPSA) is 25.2 Å². The molecule has 0 aliphatic heterocycles. The number of hydrogen-bond acceptors (Lipinski definition) is 2. The van der Waals surface area contributed by atoms with Crippen molar-refractivity contribution >= 4 is 0 Å². The molecule has 90 valence electrons.